The first-order valence-corrected chi connectivity index (χ1v) is 7.88. The normalized spacial score (nSPS) is 22.8. The highest BCUT2D eigenvalue weighted by atomic mass is 32.1. The molecule has 3 nitrogen and oxygen atoms in total. The average molecular weight is 290 g/mol. The Labute approximate surface area is 125 Å². The molecular formula is C16H22N2OS. The van der Waals surface area contributed by atoms with E-state index in [2.05, 4.69) is 28.6 Å². The molecule has 2 unspecified atom stereocenters. The molecule has 0 bridgehead atoms. The molecule has 0 spiro atoms. The van der Waals surface area contributed by atoms with Crippen molar-refractivity contribution in [3.8, 4) is 5.75 Å². The van der Waals surface area contributed by atoms with Gasteiger partial charge in [0.25, 0.3) is 0 Å². The highest BCUT2D eigenvalue weighted by Crippen LogP contribution is 2.38. The van der Waals surface area contributed by atoms with Gasteiger partial charge in [-0.15, -0.1) is 0 Å². The van der Waals surface area contributed by atoms with Gasteiger partial charge in [0.15, 0.2) is 4.77 Å². The second kappa shape index (κ2) is 5.24. The predicted molar refractivity (Wildman–Crippen MR) is 84.9 cm³/mol. The van der Waals surface area contributed by atoms with Crippen LogP contribution in [0.5, 0.6) is 5.75 Å². The maximum Gasteiger partial charge on any atom is 0.178 e. The standard InChI is InChI=1S/C16H22N2OS/c1-10(2)19-14-9-5-8-13-15(14)17-16(20)18(13)12-7-4-6-11(12)3/h5,8-12H,4,6-7H2,1-3H3,(H,17,20). The molecule has 1 aromatic heterocycles. The van der Waals surface area contributed by atoms with Crippen LogP contribution in [0.15, 0.2) is 18.2 Å². The molecule has 1 fully saturated rings. The number of benzene rings is 1. The van der Waals surface area contributed by atoms with Gasteiger partial charge in [-0.05, 0) is 57.0 Å². The van der Waals surface area contributed by atoms with E-state index in [1.165, 1.54) is 24.8 Å². The molecular weight excluding hydrogens is 268 g/mol. The first-order chi connectivity index (χ1) is 9.58. The number of H-pyrrole nitrogens is 1. The molecule has 1 aliphatic rings. The van der Waals surface area contributed by atoms with E-state index in [0.29, 0.717) is 12.0 Å². The number of aromatic nitrogens is 2. The fourth-order valence-electron chi connectivity index (χ4n) is 3.31. The lowest BCUT2D eigenvalue weighted by molar-refractivity contribution is 0.245. The van der Waals surface area contributed by atoms with E-state index in [4.69, 9.17) is 17.0 Å². The molecule has 3 rings (SSSR count). The van der Waals surface area contributed by atoms with Crippen LogP contribution in [0.2, 0.25) is 0 Å². The molecule has 20 heavy (non-hydrogen) atoms. The topological polar surface area (TPSA) is 29.9 Å². The Balaban J connectivity index is 2.14. The molecule has 1 saturated carbocycles. The fourth-order valence-corrected chi connectivity index (χ4v) is 3.65. The van der Waals surface area contributed by atoms with Crippen molar-refractivity contribution < 1.29 is 4.74 Å². The van der Waals surface area contributed by atoms with Crippen molar-refractivity contribution >= 4 is 23.3 Å². The third-order valence-electron chi connectivity index (χ3n) is 4.23. The molecule has 4 heteroatoms. The quantitative estimate of drug-likeness (QED) is 0.819. The van der Waals surface area contributed by atoms with Gasteiger partial charge in [0, 0.05) is 6.04 Å². The Morgan fingerprint density at radius 2 is 2.15 bits per heavy atom. The molecule has 1 N–H and O–H groups in total. The predicted octanol–water partition coefficient (Wildman–Crippen LogP) is 4.85. The van der Waals surface area contributed by atoms with Crippen molar-refractivity contribution in [1.82, 2.24) is 9.55 Å². The summed E-state index contributed by atoms with van der Waals surface area (Å²) in [7, 11) is 0. The van der Waals surface area contributed by atoms with Crippen molar-refractivity contribution in [2.75, 3.05) is 0 Å². The van der Waals surface area contributed by atoms with Gasteiger partial charge in [0.05, 0.1) is 11.6 Å². The Bertz CT molecular complexity index is 671. The summed E-state index contributed by atoms with van der Waals surface area (Å²) in [5, 5.41) is 0. The Hall–Kier alpha value is -1.29. The molecule has 1 aliphatic carbocycles. The summed E-state index contributed by atoms with van der Waals surface area (Å²) in [6.07, 6.45) is 3.97. The average Bonchev–Trinajstić information content (AvgIpc) is 2.92. The van der Waals surface area contributed by atoms with Gasteiger partial charge < -0.3 is 14.3 Å². The van der Waals surface area contributed by atoms with Gasteiger partial charge >= 0.3 is 0 Å². The zero-order chi connectivity index (χ0) is 14.3. The van der Waals surface area contributed by atoms with E-state index in [-0.39, 0.29) is 6.10 Å². The highest BCUT2D eigenvalue weighted by Gasteiger charge is 2.27. The van der Waals surface area contributed by atoms with Crippen molar-refractivity contribution in [1.29, 1.82) is 0 Å². The first kappa shape index (κ1) is 13.7. The minimum Gasteiger partial charge on any atom is -0.489 e. The van der Waals surface area contributed by atoms with Crippen LogP contribution in [0, 0.1) is 10.7 Å². The summed E-state index contributed by atoms with van der Waals surface area (Å²) >= 11 is 5.57. The van der Waals surface area contributed by atoms with E-state index in [1.807, 2.05) is 19.9 Å². The molecule has 0 amide bonds. The molecule has 0 radical (unpaired) electrons. The van der Waals surface area contributed by atoms with E-state index in [1.54, 1.807) is 0 Å². The number of aromatic amines is 1. The van der Waals surface area contributed by atoms with Crippen molar-refractivity contribution in [2.45, 2.75) is 52.2 Å². The maximum absolute atomic E-state index is 5.89. The minimum atomic E-state index is 0.163. The van der Waals surface area contributed by atoms with E-state index >= 15 is 0 Å². The van der Waals surface area contributed by atoms with E-state index in [9.17, 15) is 0 Å². The minimum absolute atomic E-state index is 0.163. The van der Waals surface area contributed by atoms with Crippen LogP contribution in [0.4, 0.5) is 0 Å². The Kier molecular flexibility index (Phi) is 3.59. The van der Waals surface area contributed by atoms with E-state index < -0.39 is 0 Å². The van der Waals surface area contributed by atoms with Crippen LogP contribution in [0.1, 0.15) is 46.1 Å². The molecule has 1 aromatic carbocycles. The Morgan fingerprint density at radius 3 is 2.80 bits per heavy atom. The molecule has 1 heterocycles. The summed E-state index contributed by atoms with van der Waals surface area (Å²) in [4.78, 5) is 3.35. The van der Waals surface area contributed by atoms with Crippen molar-refractivity contribution in [3.05, 3.63) is 23.0 Å². The number of fused-ring (bicyclic) bond motifs is 1. The number of imidazole rings is 1. The van der Waals surface area contributed by atoms with Gasteiger partial charge in [-0.25, -0.2) is 0 Å². The molecule has 0 saturated heterocycles. The third-order valence-corrected chi connectivity index (χ3v) is 4.52. The number of para-hydroxylation sites is 1. The lowest BCUT2D eigenvalue weighted by Crippen LogP contribution is -2.11. The summed E-state index contributed by atoms with van der Waals surface area (Å²) in [5.74, 6) is 1.59. The Morgan fingerprint density at radius 1 is 1.35 bits per heavy atom. The largest absolute Gasteiger partial charge is 0.489 e. The molecule has 0 aliphatic heterocycles. The maximum atomic E-state index is 5.89. The van der Waals surface area contributed by atoms with Crippen LogP contribution >= 0.6 is 12.2 Å². The number of hydrogen-bond donors (Lipinski definition) is 1. The zero-order valence-corrected chi connectivity index (χ0v) is 13.2. The number of ether oxygens (including phenoxy) is 1. The van der Waals surface area contributed by atoms with Gasteiger partial charge in [-0.3, -0.25) is 0 Å². The van der Waals surface area contributed by atoms with Crippen LogP contribution in [-0.4, -0.2) is 15.7 Å². The van der Waals surface area contributed by atoms with E-state index in [0.717, 1.165) is 16.0 Å². The summed E-state index contributed by atoms with van der Waals surface area (Å²) in [6.45, 7) is 6.42. The van der Waals surface area contributed by atoms with Crippen LogP contribution in [0.3, 0.4) is 0 Å². The van der Waals surface area contributed by atoms with Crippen LogP contribution in [0.25, 0.3) is 11.0 Å². The smallest absolute Gasteiger partial charge is 0.178 e. The highest BCUT2D eigenvalue weighted by molar-refractivity contribution is 7.71. The van der Waals surface area contributed by atoms with Gasteiger partial charge in [-0.2, -0.15) is 0 Å². The molecule has 2 aromatic rings. The number of nitrogens with zero attached hydrogens (tertiary/aromatic N) is 1. The van der Waals surface area contributed by atoms with Crippen LogP contribution < -0.4 is 4.74 Å². The van der Waals surface area contributed by atoms with Gasteiger partial charge in [0.2, 0.25) is 0 Å². The SMILES string of the molecule is CC(C)Oc1cccc2c1[nH]c(=S)n2C1CCCC1C. The van der Waals surface area contributed by atoms with Crippen LogP contribution in [-0.2, 0) is 0 Å². The monoisotopic (exact) mass is 290 g/mol. The number of rotatable bonds is 3. The summed E-state index contributed by atoms with van der Waals surface area (Å²) in [5.41, 5.74) is 2.21. The summed E-state index contributed by atoms with van der Waals surface area (Å²) < 4.78 is 9.01. The molecule has 108 valence electrons. The second-order valence-electron chi connectivity index (χ2n) is 6.09. The lowest BCUT2D eigenvalue weighted by Gasteiger charge is -2.18. The van der Waals surface area contributed by atoms with Crippen molar-refractivity contribution in [2.24, 2.45) is 5.92 Å². The first-order valence-electron chi connectivity index (χ1n) is 7.48. The fraction of sp³-hybridized carbons (Fsp3) is 0.562. The lowest BCUT2D eigenvalue weighted by atomic mass is 10.1. The second-order valence-corrected chi connectivity index (χ2v) is 6.48. The molecule has 2 atom stereocenters. The number of hydrogen-bond acceptors (Lipinski definition) is 2. The number of nitrogens with one attached hydrogen (secondary N) is 1. The third kappa shape index (κ3) is 2.26. The zero-order valence-electron chi connectivity index (χ0n) is 12.3. The van der Waals surface area contributed by atoms with Gasteiger partial charge in [-0.1, -0.05) is 19.4 Å². The van der Waals surface area contributed by atoms with Crippen molar-refractivity contribution in [3.63, 3.8) is 0 Å². The van der Waals surface area contributed by atoms with Gasteiger partial charge in [0.1, 0.15) is 11.3 Å². The summed E-state index contributed by atoms with van der Waals surface area (Å²) in [6, 6.07) is 6.72.